The Bertz CT molecular complexity index is 683. The van der Waals surface area contributed by atoms with Gasteiger partial charge in [0.1, 0.15) is 11.5 Å². The van der Waals surface area contributed by atoms with Crippen LogP contribution in [0.1, 0.15) is 18.5 Å². The number of benzene rings is 2. The number of aromatic hydroxyl groups is 2. The van der Waals surface area contributed by atoms with E-state index in [1.165, 1.54) is 36.4 Å². The van der Waals surface area contributed by atoms with E-state index >= 15 is 0 Å². The van der Waals surface area contributed by atoms with Crippen molar-refractivity contribution in [3.63, 3.8) is 0 Å². The van der Waals surface area contributed by atoms with Crippen LogP contribution in [-0.2, 0) is 0 Å². The predicted octanol–water partition coefficient (Wildman–Crippen LogP) is 3.85. The number of phenolic OH excluding ortho intramolecular Hbond substituents is 2. The Labute approximate surface area is 120 Å². The number of nitro groups is 1. The fourth-order valence-corrected chi connectivity index (χ4v) is 1.74. The highest BCUT2D eigenvalue weighted by molar-refractivity contribution is 5.44. The van der Waals surface area contributed by atoms with Crippen LogP contribution >= 0.6 is 0 Å². The third kappa shape index (κ3) is 3.53. The Kier molecular flexibility index (Phi) is 4.13. The molecule has 7 nitrogen and oxygen atoms in total. The third-order valence-electron chi connectivity index (χ3n) is 2.87. The predicted molar refractivity (Wildman–Crippen MR) is 75.8 cm³/mol. The van der Waals surface area contributed by atoms with E-state index in [0.29, 0.717) is 11.3 Å². The fourth-order valence-electron chi connectivity index (χ4n) is 1.74. The van der Waals surface area contributed by atoms with Crippen molar-refractivity contribution in [3.05, 3.63) is 58.1 Å². The summed E-state index contributed by atoms with van der Waals surface area (Å²) in [5.74, 6) is -0.0964. The van der Waals surface area contributed by atoms with E-state index in [-0.39, 0.29) is 17.2 Å². The molecule has 2 aromatic carbocycles. The molecule has 0 fully saturated rings. The van der Waals surface area contributed by atoms with Crippen LogP contribution in [0, 0.1) is 10.1 Å². The van der Waals surface area contributed by atoms with Gasteiger partial charge < -0.3 is 10.2 Å². The number of rotatable bonds is 4. The minimum Gasteiger partial charge on any atom is -0.508 e. The van der Waals surface area contributed by atoms with E-state index in [0.717, 1.165) is 0 Å². The molecule has 0 amide bonds. The summed E-state index contributed by atoms with van der Waals surface area (Å²) in [6.07, 6.45) is 0. The second-order valence-corrected chi connectivity index (χ2v) is 4.41. The monoisotopic (exact) mass is 287 g/mol. The molecule has 2 rings (SSSR count). The molecule has 108 valence electrons. The molecule has 0 aliphatic rings. The van der Waals surface area contributed by atoms with Crippen molar-refractivity contribution in [2.45, 2.75) is 13.0 Å². The van der Waals surface area contributed by atoms with Gasteiger partial charge in [0.2, 0.25) is 0 Å². The number of hydrogen-bond acceptors (Lipinski definition) is 6. The Morgan fingerprint density at radius 2 is 1.81 bits per heavy atom. The summed E-state index contributed by atoms with van der Waals surface area (Å²) < 4.78 is 0. The van der Waals surface area contributed by atoms with E-state index in [2.05, 4.69) is 10.2 Å². The maximum atomic E-state index is 10.5. The van der Waals surface area contributed by atoms with Gasteiger partial charge in [0.25, 0.3) is 5.69 Å². The molecule has 0 saturated carbocycles. The van der Waals surface area contributed by atoms with Crippen LogP contribution in [0.15, 0.2) is 52.7 Å². The molecule has 0 bridgehead atoms. The summed E-state index contributed by atoms with van der Waals surface area (Å²) in [6, 6.07) is 9.50. The first kappa shape index (κ1) is 14.4. The van der Waals surface area contributed by atoms with Crippen molar-refractivity contribution in [1.82, 2.24) is 0 Å². The smallest absolute Gasteiger partial charge is 0.269 e. The van der Waals surface area contributed by atoms with E-state index < -0.39 is 11.0 Å². The Morgan fingerprint density at radius 1 is 1.14 bits per heavy atom. The molecule has 0 spiro atoms. The summed E-state index contributed by atoms with van der Waals surface area (Å²) in [6.45, 7) is 1.74. The second kappa shape index (κ2) is 6.00. The van der Waals surface area contributed by atoms with Gasteiger partial charge in [-0.25, -0.2) is 0 Å². The number of azo groups is 1. The van der Waals surface area contributed by atoms with Crippen LogP contribution in [0.3, 0.4) is 0 Å². The van der Waals surface area contributed by atoms with Crippen molar-refractivity contribution in [2.75, 3.05) is 0 Å². The summed E-state index contributed by atoms with van der Waals surface area (Å²) >= 11 is 0. The molecule has 0 heterocycles. The molecule has 1 atom stereocenters. The van der Waals surface area contributed by atoms with Crippen molar-refractivity contribution in [2.24, 2.45) is 10.2 Å². The molecule has 21 heavy (non-hydrogen) atoms. The summed E-state index contributed by atoms with van der Waals surface area (Å²) in [5, 5.41) is 37.5. The topological polar surface area (TPSA) is 108 Å². The lowest BCUT2D eigenvalue weighted by Gasteiger charge is -2.08. The van der Waals surface area contributed by atoms with E-state index in [1.54, 1.807) is 13.0 Å². The maximum absolute atomic E-state index is 10.5. The second-order valence-electron chi connectivity index (χ2n) is 4.41. The number of nitrogens with zero attached hydrogens (tertiary/aromatic N) is 3. The van der Waals surface area contributed by atoms with Crippen LogP contribution in [-0.4, -0.2) is 15.1 Å². The first-order valence-corrected chi connectivity index (χ1v) is 6.14. The first-order chi connectivity index (χ1) is 9.97. The quantitative estimate of drug-likeness (QED) is 0.505. The van der Waals surface area contributed by atoms with Gasteiger partial charge in [-0.15, -0.1) is 0 Å². The minimum absolute atomic E-state index is 0.0156. The standard InChI is InChI=1S/C14H13N3O4/c1-9(13-7-6-12(18)8-14(13)19)15-16-10-2-4-11(5-3-10)17(20)21/h2-9,18-19H,1H3. The highest BCUT2D eigenvalue weighted by Crippen LogP contribution is 2.30. The Hall–Kier alpha value is -2.96. The van der Waals surface area contributed by atoms with Gasteiger partial charge in [-0.1, -0.05) is 0 Å². The number of non-ortho nitro benzene ring substituents is 1. The zero-order valence-electron chi connectivity index (χ0n) is 11.2. The largest absolute Gasteiger partial charge is 0.508 e. The van der Waals surface area contributed by atoms with Crippen molar-refractivity contribution in [1.29, 1.82) is 0 Å². The minimum atomic E-state index is -0.488. The van der Waals surface area contributed by atoms with Gasteiger partial charge in [0, 0.05) is 23.8 Å². The van der Waals surface area contributed by atoms with Gasteiger partial charge in [-0.05, 0) is 31.2 Å². The van der Waals surface area contributed by atoms with Gasteiger partial charge in [-0.3, -0.25) is 10.1 Å². The molecule has 1 unspecified atom stereocenters. The first-order valence-electron chi connectivity index (χ1n) is 6.14. The lowest BCUT2D eigenvalue weighted by Crippen LogP contribution is -1.89. The lowest BCUT2D eigenvalue weighted by atomic mass is 10.1. The van der Waals surface area contributed by atoms with Crippen LogP contribution in [0.5, 0.6) is 11.5 Å². The maximum Gasteiger partial charge on any atom is 0.269 e. The van der Waals surface area contributed by atoms with Gasteiger partial charge >= 0.3 is 0 Å². The van der Waals surface area contributed by atoms with Crippen LogP contribution in [0.2, 0.25) is 0 Å². The third-order valence-corrected chi connectivity index (χ3v) is 2.87. The molecule has 0 aromatic heterocycles. The molecule has 0 saturated heterocycles. The fraction of sp³-hybridized carbons (Fsp3) is 0.143. The Morgan fingerprint density at radius 3 is 2.38 bits per heavy atom. The molecule has 2 aromatic rings. The van der Waals surface area contributed by atoms with Crippen LogP contribution in [0.4, 0.5) is 11.4 Å². The molecule has 7 heteroatoms. The van der Waals surface area contributed by atoms with E-state index in [1.807, 2.05) is 0 Å². The number of phenols is 2. The number of hydrogen-bond donors (Lipinski definition) is 2. The summed E-state index contributed by atoms with van der Waals surface area (Å²) in [5.41, 5.74) is 0.988. The highest BCUT2D eigenvalue weighted by atomic mass is 16.6. The molecule has 0 aliphatic carbocycles. The van der Waals surface area contributed by atoms with E-state index in [4.69, 9.17) is 0 Å². The lowest BCUT2D eigenvalue weighted by molar-refractivity contribution is -0.384. The van der Waals surface area contributed by atoms with Gasteiger partial charge in [0.15, 0.2) is 0 Å². The van der Waals surface area contributed by atoms with Crippen molar-refractivity contribution >= 4 is 11.4 Å². The van der Waals surface area contributed by atoms with Crippen molar-refractivity contribution < 1.29 is 15.1 Å². The molecule has 0 aliphatic heterocycles. The molecular formula is C14H13N3O4. The Balaban J connectivity index is 2.14. The zero-order chi connectivity index (χ0) is 15.4. The summed E-state index contributed by atoms with van der Waals surface area (Å²) in [7, 11) is 0. The average molecular weight is 287 g/mol. The normalized spacial score (nSPS) is 12.4. The van der Waals surface area contributed by atoms with Crippen LogP contribution in [0.25, 0.3) is 0 Å². The van der Waals surface area contributed by atoms with Crippen molar-refractivity contribution in [3.8, 4) is 11.5 Å². The SMILES string of the molecule is CC(N=Nc1ccc([N+](=O)[O-])cc1)c1ccc(O)cc1O. The van der Waals surface area contributed by atoms with Gasteiger partial charge in [0.05, 0.1) is 16.7 Å². The number of nitro benzene ring substituents is 1. The van der Waals surface area contributed by atoms with E-state index in [9.17, 15) is 20.3 Å². The molecule has 0 radical (unpaired) electrons. The molecule has 2 N–H and O–H groups in total. The highest BCUT2D eigenvalue weighted by Gasteiger charge is 2.10. The molecular weight excluding hydrogens is 274 g/mol. The van der Waals surface area contributed by atoms with Crippen LogP contribution < -0.4 is 0 Å². The van der Waals surface area contributed by atoms with Gasteiger partial charge in [-0.2, -0.15) is 10.2 Å². The average Bonchev–Trinajstić information content (AvgIpc) is 2.45. The zero-order valence-corrected chi connectivity index (χ0v) is 11.2. The summed E-state index contributed by atoms with van der Waals surface area (Å²) in [4.78, 5) is 10.0.